The fourth-order valence-corrected chi connectivity index (χ4v) is 1.68. The number of rotatable bonds is 5. The first-order valence-electron chi connectivity index (χ1n) is 6.20. The van der Waals surface area contributed by atoms with Gasteiger partial charge in [-0.15, -0.1) is 0 Å². The minimum absolute atomic E-state index is 0.211. The van der Waals surface area contributed by atoms with Crippen molar-refractivity contribution >= 4 is 17.3 Å². The standard InChI is InChI=1S/C15H15FN2O3/c1-20-13-7-4-11(17)8-14(13)21-9-15(19)18-12-5-2-10(16)3-6-12/h2-8H,9,17H2,1H3,(H,18,19). The Hall–Kier alpha value is -2.76. The Morgan fingerprint density at radius 1 is 1.19 bits per heavy atom. The number of carbonyl (C=O) groups excluding carboxylic acids is 1. The fourth-order valence-electron chi connectivity index (χ4n) is 1.68. The summed E-state index contributed by atoms with van der Waals surface area (Å²) in [5, 5.41) is 2.59. The van der Waals surface area contributed by atoms with Crippen LogP contribution in [0, 0.1) is 5.82 Å². The number of hydrogen-bond donors (Lipinski definition) is 2. The monoisotopic (exact) mass is 290 g/mol. The highest BCUT2D eigenvalue weighted by Crippen LogP contribution is 2.28. The van der Waals surface area contributed by atoms with E-state index in [0.717, 1.165) is 0 Å². The minimum Gasteiger partial charge on any atom is -0.493 e. The van der Waals surface area contributed by atoms with Crippen molar-refractivity contribution in [2.24, 2.45) is 0 Å². The summed E-state index contributed by atoms with van der Waals surface area (Å²) in [5.41, 5.74) is 6.65. The molecule has 0 saturated heterocycles. The first kappa shape index (κ1) is 14.6. The van der Waals surface area contributed by atoms with Gasteiger partial charge >= 0.3 is 0 Å². The van der Waals surface area contributed by atoms with Crippen molar-refractivity contribution in [1.29, 1.82) is 0 Å². The van der Waals surface area contributed by atoms with Gasteiger partial charge in [-0.3, -0.25) is 4.79 Å². The molecular weight excluding hydrogens is 275 g/mol. The zero-order chi connectivity index (χ0) is 15.2. The Morgan fingerprint density at radius 2 is 1.90 bits per heavy atom. The second kappa shape index (κ2) is 6.60. The molecule has 0 spiro atoms. The highest BCUT2D eigenvalue weighted by atomic mass is 19.1. The lowest BCUT2D eigenvalue weighted by atomic mass is 10.3. The van der Waals surface area contributed by atoms with Crippen LogP contribution in [-0.2, 0) is 4.79 Å². The van der Waals surface area contributed by atoms with Crippen LogP contribution in [-0.4, -0.2) is 19.6 Å². The normalized spacial score (nSPS) is 10.0. The molecule has 6 heteroatoms. The smallest absolute Gasteiger partial charge is 0.262 e. The first-order chi connectivity index (χ1) is 10.1. The van der Waals surface area contributed by atoms with Crippen molar-refractivity contribution in [2.75, 3.05) is 24.8 Å². The number of methoxy groups -OCH3 is 1. The molecule has 0 radical (unpaired) electrons. The number of benzene rings is 2. The van der Waals surface area contributed by atoms with Crippen molar-refractivity contribution < 1.29 is 18.7 Å². The molecule has 21 heavy (non-hydrogen) atoms. The number of halogens is 1. The highest BCUT2D eigenvalue weighted by molar-refractivity contribution is 5.91. The van der Waals surface area contributed by atoms with Gasteiger partial charge < -0.3 is 20.5 Å². The van der Waals surface area contributed by atoms with Gasteiger partial charge in [0.15, 0.2) is 18.1 Å². The van der Waals surface area contributed by atoms with Crippen molar-refractivity contribution in [3.63, 3.8) is 0 Å². The van der Waals surface area contributed by atoms with Crippen LogP contribution in [0.15, 0.2) is 42.5 Å². The number of nitrogen functional groups attached to an aromatic ring is 1. The molecule has 0 aromatic heterocycles. The van der Waals surface area contributed by atoms with Gasteiger partial charge in [-0.25, -0.2) is 4.39 Å². The van der Waals surface area contributed by atoms with Crippen LogP contribution in [0.3, 0.4) is 0 Å². The maximum absolute atomic E-state index is 12.8. The molecule has 3 N–H and O–H groups in total. The fraction of sp³-hybridized carbons (Fsp3) is 0.133. The molecule has 2 aromatic rings. The van der Waals surface area contributed by atoms with Crippen LogP contribution in [0.2, 0.25) is 0 Å². The average Bonchev–Trinajstić information content (AvgIpc) is 2.48. The predicted octanol–water partition coefficient (Wildman–Crippen LogP) is 2.43. The molecule has 0 unspecified atom stereocenters. The summed E-state index contributed by atoms with van der Waals surface area (Å²) in [4.78, 5) is 11.8. The average molecular weight is 290 g/mol. The first-order valence-corrected chi connectivity index (χ1v) is 6.20. The van der Waals surface area contributed by atoms with Crippen LogP contribution in [0.4, 0.5) is 15.8 Å². The maximum atomic E-state index is 12.8. The van der Waals surface area contributed by atoms with Crippen LogP contribution in [0.5, 0.6) is 11.5 Å². The van der Waals surface area contributed by atoms with Gasteiger partial charge in [0.2, 0.25) is 0 Å². The third-order valence-corrected chi connectivity index (χ3v) is 2.67. The molecule has 0 bridgehead atoms. The Balaban J connectivity index is 1.95. The zero-order valence-corrected chi connectivity index (χ0v) is 11.4. The van der Waals surface area contributed by atoms with Gasteiger partial charge in [0.05, 0.1) is 7.11 Å². The largest absolute Gasteiger partial charge is 0.493 e. The Kier molecular flexibility index (Phi) is 4.61. The summed E-state index contributed by atoms with van der Waals surface area (Å²) in [6, 6.07) is 10.4. The van der Waals surface area contributed by atoms with E-state index in [4.69, 9.17) is 15.2 Å². The van der Waals surface area contributed by atoms with Crippen molar-refractivity contribution in [3.05, 3.63) is 48.3 Å². The quantitative estimate of drug-likeness (QED) is 0.829. The molecule has 0 saturated carbocycles. The summed E-state index contributed by atoms with van der Waals surface area (Å²) in [5.74, 6) is 0.130. The number of hydrogen-bond acceptors (Lipinski definition) is 4. The molecular formula is C15H15FN2O3. The molecule has 2 aromatic carbocycles. The van der Waals surface area contributed by atoms with E-state index in [9.17, 15) is 9.18 Å². The van der Waals surface area contributed by atoms with Gasteiger partial charge in [0.25, 0.3) is 5.91 Å². The topological polar surface area (TPSA) is 73.6 Å². The van der Waals surface area contributed by atoms with Crippen LogP contribution in [0.25, 0.3) is 0 Å². The second-order valence-corrected chi connectivity index (χ2v) is 4.25. The predicted molar refractivity (Wildman–Crippen MR) is 77.9 cm³/mol. The molecule has 1 amide bonds. The van der Waals surface area contributed by atoms with E-state index in [-0.39, 0.29) is 18.3 Å². The summed E-state index contributed by atoms with van der Waals surface area (Å²) in [7, 11) is 1.50. The molecule has 2 rings (SSSR count). The number of amides is 1. The van der Waals surface area contributed by atoms with E-state index >= 15 is 0 Å². The summed E-state index contributed by atoms with van der Waals surface area (Å²) >= 11 is 0. The van der Waals surface area contributed by atoms with E-state index in [1.165, 1.54) is 31.4 Å². The lowest BCUT2D eigenvalue weighted by Gasteiger charge is -2.11. The number of nitrogens with one attached hydrogen (secondary N) is 1. The zero-order valence-electron chi connectivity index (χ0n) is 11.4. The van der Waals surface area contributed by atoms with Crippen LogP contribution in [0.1, 0.15) is 0 Å². The molecule has 0 aliphatic carbocycles. The Labute approximate surface area is 121 Å². The number of anilines is 2. The second-order valence-electron chi connectivity index (χ2n) is 4.25. The van der Waals surface area contributed by atoms with Gasteiger partial charge in [-0.05, 0) is 36.4 Å². The molecule has 0 heterocycles. The van der Waals surface area contributed by atoms with E-state index in [1.807, 2.05) is 0 Å². The van der Waals surface area contributed by atoms with Crippen molar-refractivity contribution in [3.8, 4) is 11.5 Å². The molecule has 0 fully saturated rings. The van der Waals surface area contributed by atoms with Gasteiger partial charge in [0.1, 0.15) is 5.82 Å². The van der Waals surface area contributed by atoms with E-state index in [2.05, 4.69) is 5.32 Å². The van der Waals surface area contributed by atoms with E-state index in [0.29, 0.717) is 22.9 Å². The lowest BCUT2D eigenvalue weighted by Crippen LogP contribution is -2.20. The van der Waals surface area contributed by atoms with Gasteiger partial charge in [0, 0.05) is 17.4 Å². The Bertz CT molecular complexity index is 629. The minimum atomic E-state index is -0.369. The third kappa shape index (κ3) is 4.10. The number of ether oxygens (including phenoxy) is 2. The van der Waals surface area contributed by atoms with Gasteiger partial charge in [-0.1, -0.05) is 0 Å². The third-order valence-electron chi connectivity index (χ3n) is 2.67. The van der Waals surface area contributed by atoms with E-state index in [1.54, 1.807) is 18.2 Å². The molecule has 110 valence electrons. The molecule has 0 aliphatic heterocycles. The summed E-state index contributed by atoms with van der Waals surface area (Å²) < 4.78 is 23.2. The maximum Gasteiger partial charge on any atom is 0.262 e. The van der Waals surface area contributed by atoms with Crippen molar-refractivity contribution in [1.82, 2.24) is 0 Å². The molecule has 0 atom stereocenters. The highest BCUT2D eigenvalue weighted by Gasteiger charge is 2.08. The van der Waals surface area contributed by atoms with Gasteiger partial charge in [-0.2, -0.15) is 0 Å². The van der Waals surface area contributed by atoms with E-state index < -0.39 is 0 Å². The lowest BCUT2D eigenvalue weighted by molar-refractivity contribution is -0.118. The number of nitrogens with two attached hydrogens (primary N) is 1. The SMILES string of the molecule is COc1ccc(N)cc1OCC(=O)Nc1ccc(F)cc1. The molecule has 0 aliphatic rings. The van der Waals surface area contributed by atoms with Crippen LogP contribution >= 0.6 is 0 Å². The van der Waals surface area contributed by atoms with Crippen molar-refractivity contribution in [2.45, 2.75) is 0 Å². The number of carbonyl (C=O) groups is 1. The van der Waals surface area contributed by atoms with Crippen LogP contribution < -0.4 is 20.5 Å². The summed E-state index contributed by atoms with van der Waals surface area (Å²) in [6.07, 6.45) is 0. The Morgan fingerprint density at radius 3 is 2.57 bits per heavy atom. The molecule has 5 nitrogen and oxygen atoms in total. The summed E-state index contributed by atoms with van der Waals surface area (Å²) in [6.45, 7) is -0.211.